The van der Waals surface area contributed by atoms with Gasteiger partial charge in [-0.3, -0.25) is 19.3 Å². The molecule has 1 saturated carbocycles. The highest BCUT2D eigenvalue weighted by molar-refractivity contribution is 5.85. The molecule has 7 nitrogen and oxygen atoms in total. The van der Waals surface area contributed by atoms with Crippen LogP contribution in [0, 0.1) is 5.92 Å². The Morgan fingerprint density at radius 3 is 2.38 bits per heavy atom. The Hall–Kier alpha value is -2.41. The lowest BCUT2D eigenvalue weighted by molar-refractivity contribution is -0.145. The minimum atomic E-state index is -0.501. The molecule has 0 bridgehead atoms. The van der Waals surface area contributed by atoms with Crippen LogP contribution in [0.1, 0.15) is 64.4 Å². The lowest BCUT2D eigenvalue weighted by Gasteiger charge is -2.45. The third-order valence-corrected chi connectivity index (χ3v) is 7.07. The number of amides is 3. The summed E-state index contributed by atoms with van der Waals surface area (Å²) < 4.78 is 0. The molecule has 1 aliphatic carbocycles. The number of piperazine rings is 1. The molecule has 1 heterocycles. The smallest absolute Gasteiger partial charge is 0.237 e. The van der Waals surface area contributed by atoms with E-state index in [4.69, 9.17) is 5.73 Å². The first-order chi connectivity index (χ1) is 16.3. The van der Waals surface area contributed by atoms with E-state index in [9.17, 15) is 14.4 Å². The second-order valence-corrected chi connectivity index (χ2v) is 10.4. The van der Waals surface area contributed by atoms with Crippen LogP contribution in [0.3, 0.4) is 0 Å². The van der Waals surface area contributed by atoms with E-state index in [1.165, 1.54) is 25.7 Å². The van der Waals surface area contributed by atoms with Gasteiger partial charge in [0.1, 0.15) is 0 Å². The van der Waals surface area contributed by atoms with Gasteiger partial charge in [-0.25, -0.2) is 0 Å². The number of nitrogens with zero attached hydrogens (tertiary/aromatic N) is 3. The Morgan fingerprint density at radius 2 is 1.76 bits per heavy atom. The molecule has 1 aromatic rings. The van der Waals surface area contributed by atoms with Gasteiger partial charge in [0.05, 0.1) is 13.1 Å². The lowest BCUT2D eigenvalue weighted by atomic mass is 10.00. The van der Waals surface area contributed by atoms with Crippen molar-refractivity contribution in [3.8, 4) is 0 Å². The maximum Gasteiger partial charge on any atom is 0.237 e. The topological polar surface area (TPSA) is 87.0 Å². The maximum absolute atomic E-state index is 13.4. The Morgan fingerprint density at radius 1 is 1.09 bits per heavy atom. The highest BCUT2D eigenvalue weighted by atomic mass is 16.2. The zero-order valence-electron chi connectivity index (χ0n) is 21.0. The number of hydrogen-bond acceptors (Lipinski definition) is 4. The maximum atomic E-state index is 13.4. The number of rotatable bonds is 10. The lowest BCUT2D eigenvalue weighted by Crippen LogP contribution is -2.60. The Labute approximate surface area is 204 Å². The average Bonchev–Trinajstić information content (AvgIpc) is 3.08. The van der Waals surface area contributed by atoms with Crippen molar-refractivity contribution in [1.29, 1.82) is 0 Å². The molecule has 0 radical (unpaired) electrons. The summed E-state index contributed by atoms with van der Waals surface area (Å²) in [6.07, 6.45) is 7.90. The van der Waals surface area contributed by atoms with E-state index in [1.807, 2.05) is 30.3 Å². The van der Waals surface area contributed by atoms with Crippen LogP contribution >= 0.6 is 0 Å². The molecule has 2 N–H and O–H groups in total. The van der Waals surface area contributed by atoms with E-state index in [1.54, 1.807) is 4.90 Å². The molecule has 1 aromatic carbocycles. The minimum Gasteiger partial charge on any atom is -0.368 e. The predicted octanol–water partition coefficient (Wildman–Crippen LogP) is 2.82. The summed E-state index contributed by atoms with van der Waals surface area (Å²) in [5, 5.41) is 0. The van der Waals surface area contributed by atoms with Gasteiger partial charge in [0, 0.05) is 38.1 Å². The highest BCUT2D eigenvalue weighted by Crippen LogP contribution is 2.26. The zero-order valence-corrected chi connectivity index (χ0v) is 21.0. The summed E-state index contributed by atoms with van der Waals surface area (Å²) in [6, 6.07) is 10.2. The van der Waals surface area contributed by atoms with Gasteiger partial charge in [0.2, 0.25) is 17.7 Å². The quantitative estimate of drug-likeness (QED) is 0.533. The molecule has 1 unspecified atom stereocenters. The van der Waals surface area contributed by atoms with Crippen LogP contribution in [-0.2, 0) is 20.8 Å². The molecule has 2 fully saturated rings. The van der Waals surface area contributed by atoms with Gasteiger partial charge in [-0.1, -0.05) is 69.9 Å². The molecule has 188 valence electrons. The molecule has 1 atom stereocenters. The number of hydrogen-bond donors (Lipinski definition) is 1. The Balaban J connectivity index is 1.71. The van der Waals surface area contributed by atoms with Crippen molar-refractivity contribution in [2.45, 2.75) is 77.3 Å². The minimum absolute atomic E-state index is 0.0389. The second-order valence-electron chi connectivity index (χ2n) is 10.4. The monoisotopic (exact) mass is 470 g/mol. The molecular formula is C27H42N4O3. The Kier molecular flexibility index (Phi) is 9.93. The fraction of sp³-hybridized carbons (Fsp3) is 0.667. The molecule has 1 aliphatic heterocycles. The molecule has 3 amide bonds. The molecule has 3 rings (SSSR count). The van der Waals surface area contributed by atoms with Gasteiger partial charge in [0.25, 0.3) is 0 Å². The number of primary amides is 1. The standard InChI is InChI=1S/C27H42N4O3/c1-21(2)17-30-20-27(34)31(23-12-8-3-4-9-13-23)18-24(30)16-26(33)29(19-25(28)32)15-14-22-10-6-5-7-11-22/h5-7,10-11,21,23-24H,3-4,8-9,12-20H2,1-2H3,(H2,28,32). The number of benzene rings is 1. The van der Waals surface area contributed by atoms with Crippen LogP contribution in [0.5, 0.6) is 0 Å². The average molecular weight is 471 g/mol. The second kappa shape index (κ2) is 12.9. The largest absolute Gasteiger partial charge is 0.368 e. The fourth-order valence-electron chi connectivity index (χ4n) is 5.36. The van der Waals surface area contributed by atoms with E-state index in [-0.39, 0.29) is 30.4 Å². The van der Waals surface area contributed by atoms with Crippen LogP contribution in [-0.4, -0.2) is 77.2 Å². The first-order valence-corrected chi connectivity index (χ1v) is 13.0. The first-order valence-electron chi connectivity index (χ1n) is 13.0. The van der Waals surface area contributed by atoms with Gasteiger partial charge < -0.3 is 15.5 Å². The third-order valence-electron chi connectivity index (χ3n) is 7.07. The van der Waals surface area contributed by atoms with Crippen LogP contribution in [0.25, 0.3) is 0 Å². The van der Waals surface area contributed by atoms with Crippen molar-refractivity contribution < 1.29 is 14.4 Å². The number of carbonyl (C=O) groups excluding carboxylic acids is 3. The summed E-state index contributed by atoms with van der Waals surface area (Å²) in [5.74, 6) is 0.0203. The van der Waals surface area contributed by atoms with Crippen molar-refractivity contribution in [2.24, 2.45) is 11.7 Å². The van der Waals surface area contributed by atoms with Gasteiger partial charge in [-0.2, -0.15) is 0 Å². The van der Waals surface area contributed by atoms with Crippen LogP contribution in [0.2, 0.25) is 0 Å². The number of carbonyl (C=O) groups is 3. The van der Waals surface area contributed by atoms with Crippen molar-refractivity contribution in [2.75, 3.05) is 32.7 Å². The fourth-order valence-corrected chi connectivity index (χ4v) is 5.36. The molecule has 7 heteroatoms. The van der Waals surface area contributed by atoms with Gasteiger partial charge in [-0.05, 0) is 30.7 Å². The van der Waals surface area contributed by atoms with E-state index in [0.717, 1.165) is 24.9 Å². The Bertz CT molecular complexity index is 805. The molecule has 34 heavy (non-hydrogen) atoms. The van der Waals surface area contributed by atoms with Crippen LogP contribution in [0.15, 0.2) is 30.3 Å². The summed E-state index contributed by atoms with van der Waals surface area (Å²) >= 11 is 0. The van der Waals surface area contributed by atoms with Crippen LogP contribution < -0.4 is 5.73 Å². The third kappa shape index (κ3) is 7.83. The van der Waals surface area contributed by atoms with E-state index in [0.29, 0.717) is 38.4 Å². The number of nitrogens with two attached hydrogens (primary N) is 1. The van der Waals surface area contributed by atoms with Gasteiger partial charge in [-0.15, -0.1) is 0 Å². The van der Waals surface area contributed by atoms with E-state index >= 15 is 0 Å². The molecule has 1 saturated heterocycles. The highest BCUT2D eigenvalue weighted by Gasteiger charge is 2.37. The van der Waals surface area contributed by atoms with Gasteiger partial charge in [0.15, 0.2) is 0 Å². The summed E-state index contributed by atoms with van der Waals surface area (Å²) in [6.45, 7) is 6.39. The summed E-state index contributed by atoms with van der Waals surface area (Å²) in [5.41, 5.74) is 6.60. The van der Waals surface area contributed by atoms with Crippen molar-refractivity contribution in [1.82, 2.24) is 14.7 Å². The van der Waals surface area contributed by atoms with Gasteiger partial charge >= 0.3 is 0 Å². The van der Waals surface area contributed by atoms with Crippen molar-refractivity contribution in [3.63, 3.8) is 0 Å². The van der Waals surface area contributed by atoms with E-state index in [2.05, 4.69) is 23.6 Å². The van der Waals surface area contributed by atoms with Crippen molar-refractivity contribution >= 4 is 17.7 Å². The molecule has 0 spiro atoms. The molecule has 2 aliphatic rings. The summed E-state index contributed by atoms with van der Waals surface area (Å²) in [7, 11) is 0. The van der Waals surface area contributed by atoms with Crippen LogP contribution in [0.4, 0.5) is 0 Å². The SMILES string of the molecule is CC(C)CN1CC(=O)N(C2CCCCCC2)CC1CC(=O)N(CCc1ccccc1)CC(N)=O. The molecular weight excluding hydrogens is 428 g/mol. The zero-order chi connectivity index (χ0) is 24.5. The predicted molar refractivity (Wildman–Crippen MR) is 134 cm³/mol. The summed E-state index contributed by atoms with van der Waals surface area (Å²) in [4.78, 5) is 44.1. The normalized spacial score (nSPS) is 20.4. The van der Waals surface area contributed by atoms with E-state index < -0.39 is 5.91 Å². The van der Waals surface area contributed by atoms with Crippen molar-refractivity contribution in [3.05, 3.63) is 35.9 Å². The molecule has 0 aromatic heterocycles. The first kappa shape index (κ1) is 26.2.